The number of nitrogens with zero attached hydrogens (tertiary/aromatic N) is 1. The van der Waals surface area contributed by atoms with E-state index in [2.05, 4.69) is 24.1 Å². The van der Waals surface area contributed by atoms with Crippen molar-refractivity contribution in [2.24, 2.45) is 0 Å². The predicted molar refractivity (Wildman–Crippen MR) is 110 cm³/mol. The summed E-state index contributed by atoms with van der Waals surface area (Å²) in [6, 6.07) is 9.99. The van der Waals surface area contributed by atoms with Crippen LogP contribution in [-0.4, -0.2) is 33.0 Å². The summed E-state index contributed by atoms with van der Waals surface area (Å²) < 4.78 is 21.2. The Bertz CT molecular complexity index is 1080. The first kappa shape index (κ1) is 19.5. The minimum absolute atomic E-state index is 0.327. The molecule has 2 aromatic rings. The summed E-state index contributed by atoms with van der Waals surface area (Å²) in [7, 11) is 0. The molecule has 0 radical (unpaired) electrons. The van der Waals surface area contributed by atoms with E-state index >= 15 is 0 Å². The largest absolute Gasteiger partial charge is 0.368 e. The summed E-state index contributed by atoms with van der Waals surface area (Å²) in [5.74, 6) is 0. The van der Waals surface area contributed by atoms with Crippen LogP contribution >= 0.6 is 0 Å². The number of aromatic amines is 1. The highest BCUT2D eigenvalue weighted by atomic mass is 16.7. The molecule has 0 amide bonds. The topological polar surface area (TPSA) is 82.6 Å². The molecule has 3 heterocycles. The van der Waals surface area contributed by atoms with Gasteiger partial charge < -0.3 is 14.2 Å². The molecular weight excluding hydrogens is 384 g/mol. The van der Waals surface area contributed by atoms with Crippen molar-refractivity contribution in [2.75, 3.05) is 0 Å². The van der Waals surface area contributed by atoms with E-state index in [0.29, 0.717) is 18.6 Å². The lowest BCUT2D eigenvalue weighted by molar-refractivity contribution is -0.259. The van der Waals surface area contributed by atoms with Crippen LogP contribution in [0.1, 0.15) is 43.5 Å². The van der Waals surface area contributed by atoms with Crippen LogP contribution in [0.3, 0.4) is 0 Å². The Hall–Kier alpha value is -2.48. The van der Waals surface area contributed by atoms with Gasteiger partial charge in [-0.25, -0.2) is 4.79 Å². The quantitative estimate of drug-likeness (QED) is 0.767. The van der Waals surface area contributed by atoms with Crippen molar-refractivity contribution in [2.45, 2.75) is 69.4 Å². The predicted octanol–water partition coefficient (Wildman–Crippen LogP) is 2.60. The lowest BCUT2D eigenvalue weighted by Gasteiger charge is -2.45. The normalized spacial score (nSPS) is 31.1. The van der Waals surface area contributed by atoms with Crippen molar-refractivity contribution in [3.63, 3.8) is 0 Å². The van der Waals surface area contributed by atoms with Gasteiger partial charge in [0, 0.05) is 11.8 Å². The molecule has 1 aromatic heterocycles. The highest BCUT2D eigenvalue weighted by Crippen LogP contribution is 2.60. The van der Waals surface area contributed by atoms with Crippen LogP contribution in [0.15, 0.2) is 58.3 Å². The molecule has 2 fully saturated rings. The highest BCUT2D eigenvalue weighted by molar-refractivity contribution is 5.26. The van der Waals surface area contributed by atoms with Gasteiger partial charge in [-0.15, -0.1) is 0 Å². The van der Waals surface area contributed by atoms with Crippen molar-refractivity contribution >= 4 is 0 Å². The maximum absolute atomic E-state index is 12.6. The van der Waals surface area contributed by atoms with Gasteiger partial charge in [0.15, 0.2) is 6.23 Å². The summed E-state index contributed by atoms with van der Waals surface area (Å²) in [5.41, 5.74) is -0.528. The second-order valence-corrected chi connectivity index (χ2v) is 8.40. The molecule has 3 aliphatic rings. The van der Waals surface area contributed by atoms with E-state index < -0.39 is 29.2 Å². The maximum atomic E-state index is 12.6. The first-order valence-corrected chi connectivity index (χ1v) is 10.5. The SMILES string of the molecule is CC[C@@]12O[C@@H](n3cc(C)c(=O)[nH]c3=O)[C@@H](OC13CC=CC3)C2OCc1ccccc1. The lowest BCUT2D eigenvalue weighted by Crippen LogP contribution is -2.56. The molecule has 1 N–H and O–H groups in total. The Kier molecular flexibility index (Phi) is 4.57. The van der Waals surface area contributed by atoms with Crippen LogP contribution in [0.2, 0.25) is 0 Å². The van der Waals surface area contributed by atoms with Gasteiger partial charge in [-0.3, -0.25) is 14.3 Å². The number of nitrogens with one attached hydrogen (secondary N) is 1. The molecule has 7 nitrogen and oxygen atoms in total. The van der Waals surface area contributed by atoms with Crippen LogP contribution in [0, 0.1) is 6.92 Å². The average molecular weight is 410 g/mol. The Morgan fingerprint density at radius 1 is 1.17 bits per heavy atom. The van der Waals surface area contributed by atoms with Gasteiger partial charge in [0.1, 0.15) is 23.4 Å². The van der Waals surface area contributed by atoms with Gasteiger partial charge >= 0.3 is 5.69 Å². The van der Waals surface area contributed by atoms with Gasteiger partial charge in [-0.1, -0.05) is 49.4 Å². The molecule has 1 unspecified atom stereocenters. The molecule has 5 rings (SSSR count). The fraction of sp³-hybridized carbons (Fsp3) is 0.478. The number of aromatic nitrogens is 2. The molecule has 0 saturated carbocycles. The lowest BCUT2D eigenvalue weighted by atomic mass is 9.77. The molecule has 7 heteroatoms. The number of hydrogen-bond donors (Lipinski definition) is 1. The van der Waals surface area contributed by atoms with E-state index in [1.165, 1.54) is 4.57 Å². The summed E-state index contributed by atoms with van der Waals surface area (Å²) in [6.45, 7) is 4.18. The average Bonchev–Trinajstić information content (AvgIpc) is 3.41. The smallest absolute Gasteiger partial charge is 0.330 e. The number of hydrogen-bond acceptors (Lipinski definition) is 5. The van der Waals surface area contributed by atoms with Gasteiger partial charge in [-0.05, 0) is 31.7 Å². The third kappa shape index (κ3) is 2.69. The fourth-order valence-corrected chi connectivity index (χ4v) is 5.27. The van der Waals surface area contributed by atoms with Gasteiger partial charge in [0.2, 0.25) is 0 Å². The van der Waals surface area contributed by atoms with Crippen molar-refractivity contribution in [1.29, 1.82) is 0 Å². The number of aryl methyl sites for hydroxylation is 1. The monoisotopic (exact) mass is 410 g/mol. The van der Waals surface area contributed by atoms with Crippen LogP contribution in [0.5, 0.6) is 0 Å². The molecule has 2 saturated heterocycles. The zero-order valence-electron chi connectivity index (χ0n) is 17.2. The summed E-state index contributed by atoms with van der Waals surface area (Å²) in [4.78, 5) is 26.8. The summed E-state index contributed by atoms with van der Waals surface area (Å²) in [5, 5.41) is 0. The standard InChI is InChI=1S/C23H26N2O5/c1-3-23-18(28-14-16-9-5-4-6-10-16)17(29-22(23)11-7-8-12-22)20(30-23)25-13-15(2)19(26)24-21(25)27/h4-10,13,17-18,20H,3,11-12,14H2,1-2H3,(H,24,26,27)/t17-,18?,20+,23-/m0/s1. The van der Waals surface area contributed by atoms with E-state index in [9.17, 15) is 9.59 Å². The van der Waals surface area contributed by atoms with Crippen LogP contribution in [0.4, 0.5) is 0 Å². The second kappa shape index (κ2) is 7.04. The highest BCUT2D eigenvalue weighted by Gasteiger charge is 2.73. The number of fused-ring (bicyclic) bond motifs is 3. The van der Waals surface area contributed by atoms with Crippen LogP contribution < -0.4 is 11.2 Å². The molecule has 30 heavy (non-hydrogen) atoms. The Morgan fingerprint density at radius 2 is 1.90 bits per heavy atom. The first-order valence-electron chi connectivity index (χ1n) is 10.5. The Balaban J connectivity index is 1.53. The van der Waals surface area contributed by atoms with Crippen molar-refractivity contribution < 1.29 is 14.2 Å². The van der Waals surface area contributed by atoms with Crippen molar-refractivity contribution in [1.82, 2.24) is 9.55 Å². The number of benzene rings is 1. The van der Waals surface area contributed by atoms with Gasteiger partial charge in [0.25, 0.3) is 5.56 Å². The number of ether oxygens (including phenoxy) is 3. The third-order valence-electron chi connectivity index (χ3n) is 6.78. The van der Waals surface area contributed by atoms with Crippen LogP contribution in [-0.2, 0) is 20.8 Å². The Morgan fingerprint density at radius 3 is 2.60 bits per heavy atom. The minimum Gasteiger partial charge on any atom is -0.368 e. The van der Waals surface area contributed by atoms with E-state index in [1.54, 1.807) is 13.1 Å². The third-order valence-corrected chi connectivity index (χ3v) is 6.78. The summed E-state index contributed by atoms with van der Waals surface area (Å²) in [6.07, 6.45) is 6.58. The maximum Gasteiger partial charge on any atom is 0.330 e. The van der Waals surface area contributed by atoms with Gasteiger partial charge in [-0.2, -0.15) is 0 Å². The molecule has 1 aromatic carbocycles. The molecule has 2 bridgehead atoms. The molecule has 4 atom stereocenters. The first-order chi connectivity index (χ1) is 14.5. The van der Waals surface area contributed by atoms with Crippen LogP contribution in [0.25, 0.3) is 0 Å². The van der Waals surface area contributed by atoms with E-state index in [1.807, 2.05) is 30.3 Å². The molecule has 1 aliphatic carbocycles. The van der Waals surface area contributed by atoms with Crippen molar-refractivity contribution in [3.8, 4) is 0 Å². The minimum atomic E-state index is -0.676. The number of H-pyrrole nitrogens is 1. The molecule has 2 aliphatic heterocycles. The fourth-order valence-electron chi connectivity index (χ4n) is 5.27. The number of rotatable bonds is 5. The van der Waals surface area contributed by atoms with E-state index in [0.717, 1.165) is 18.4 Å². The van der Waals surface area contributed by atoms with E-state index in [4.69, 9.17) is 14.2 Å². The summed E-state index contributed by atoms with van der Waals surface area (Å²) >= 11 is 0. The van der Waals surface area contributed by atoms with Crippen molar-refractivity contribution in [3.05, 3.63) is 80.6 Å². The molecule has 1 spiro atoms. The zero-order chi connectivity index (χ0) is 20.9. The Labute approximate surface area is 174 Å². The second-order valence-electron chi connectivity index (χ2n) is 8.40. The van der Waals surface area contributed by atoms with E-state index in [-0.39, 0.29) is 11.7 Å². The zero-order valence-corrected chi connectivity index (χ0v) is 17.2. The molecule has 158 valence electrons. The van der Waals surface area contributed by atoms with Gasteiger partial charge in [0.05, 0.1) is 6.61 Å². The molecular formula is C23H26N2O5.